The molecule has 3 rings (SSSR count). The molecule has 0 saturated carbocycles. The minimum absolute atomic E-state index is 0.0380. The van der Waals surface area contributed by atoms with Gasteiger partial charge in [0.25, 0.3) is 0 Å². The van der Waals surface area contributed by atoms with Crippen LogP contribution in [-0.2, 0) is 6.42 Å². The maximum atomic E-state index is 11.4. The highest BCUT2D eigenvalue weighted by Crippen LogP contribution is 2.37. The molecule has 2 aromatic rings. The van der Waals surface area contributed by atoms with Crippen molar-refractivity contribution in [2.75, 3.05) is 0 Å². The second-order valence-electron chi connectivity index (χ2n) is 5.04. The summed E-state index contributed by atoms with van der Waals surface area (Å²) in [5, 5.41) is 0. The maximum Gasteiger partial charge on any atom is 0.159 e. The lowest BCUT2D eigenvalue weighted by atomic mass is 9.96. The third-order valence-corrected chi connectivity index (χ3v) is 3.53. The summed E-state index contributed by atoms with van der Waals surface area (Å²) in [5.74, 6) is 1.63. The van der Waals surface area contributed by atoms with Crippen LogP contribution in [0.2, 0.25) is 0 Å². The van der Waals surface area contributed by atoms with E-state index in [1.54, 1.807) is 26.0 Å². The Kier molecular flexibility index (Phi) is 2.90. The molecule has 0 N–H and O–H groups in total. The Hall–Kier alpha value is -2.42. The summed E-state index contributed by atoms with van der Waals surface area (Å²) in [4.78, 5) is 22.9. The van der Waals surface area contributed by atoms with E-state index in [0.29, 0.717) is 17.5 Å². The van der Waals surface area contributed by atoms with Crippen molar-refractivity contribution in [1.82, 2.24) is 0 Å². The number of rotatable bonds is 2. The molecule has 0 amide bonds. The minimum atomic E-state index is 0.0380. The molecule has 3 nitrogen and oxygen atoms in total. The van der Waals surface area contributed by atoms with E-state index in [1.165, 1.54) is 0 Å². The van der Waals surface area contributed by atoms with Gasteiger partial charge < -0.3 is 4.74 Å². The Morgan fingerprint density at radius 2 is 1.30 bits per heavy atom. The largest absolute Gasteiger partial charge is 0.457 e. The van der Waals surface area contributed by atoms with Crippen molar-refractivity contribution < 1.29 is 14.3 Å². The fourth-order valence-electron chi connectivity index (χ4n) is 2.40. The second kappa shape index (κ2) is 4.60. The molecule has 0 saturated heterocycles. The van der Waals surface area contributed by atoms with Crippen LogP contribution in [0.4, 0.5) is 0 Å². The molecule has 3 heteroatoms. The first-order chi connectivity index (χ1) is 9.54. The van der Waals surface area contributed by atoms with Gasteiger partial charge in [-0.2, -0.15) is 0 Å². The number of carbonyl (C=O) groups excluding carboxylic acids is 2. The van der Waals surface area contributed by atoms with Gasteiger partial charge in [-0.3, -0.25) is 9.59 Å². The first kappa shape index (κ1) is 12.6. The van der Waals surface area contributed by atoms with E-state index in [1.807, 2.05) is 24.3 Å². The van der Waals surface area contributed by atoms with Gasteiger partial charge in [0.1, 0.15) is 11.5 Å². The number of fused-ring (bicyclic) bond motifs is 2. The van der Waals surface area contributed by atoms with Crippen LogP contribution in [0.3, 0.4) is 0 Å². The lowest BCUT2D eigenvalue weighted by Gasteiger charge is -2.21. The quantitative estimate of drug-likeness (QED) is 0.663. The number of hydrogen-bond donors (Lipinski definition) is 0. The Bertz CT molecular complexity index is 668. The zero-order valence-electron chi connectivity index (χ0n) is 11.4. The molecule has 2 aromatic carbocycles. The standard InChI is InChI=1S/C17H14O3/c1-10(18)12-3-5-16-14(7-12)9-15-8-13(11(2)19)4-6-17(15)20-16/h3-8H,9H2,1-2H3. The average Bonchev–Trinajstić information content (AvgIpc) is 2.43. The van der Waals surface area contributed by atoms with E-state index in [-0.39, 0.29) is 11.6 Å². The van der Waals surface area contributed by atoms with Crippen LogP contribution in [0.1, 0.15) is 45.7 Å². The number of ether oxygens (including phenoxy) is 1. The van der Waals surface area contributed by atoms with Gasteiger partial charge >= 0.3 is 0 Å². The molecule has 0 unspecified atom stereocenters. The molecule has 0 atom stereocenters. The van der Waals surface area contributed by atoms with E-state index >= 15 is 0 Å². The lowest BCUT2D eigenvalue weighted by Crippen LogP contribution is -2.06. The van der Waals surface area contributed by atoms with E-state index in [4.69, 9.17) is 4.74 Å². The van der Waals surface area contributed by atoms with Gasteiger partial charge in [-0.25, -0.2) is 0 Å². The fraction of sp³-hybridized carbons (Fsp3) is 0.176. The Labute approximate surface area is 117 Å². The van der Waals surface area contributed by atoms with E-state index in [2.05, 4.69) is 0 Å². The predicted molar refractivity (Wildman–Crippen MR) is 75.8 cm³/mol. The molecular weight excluding hydrogens is 252 g/mol. The summed E-state index contributed by atoms with van der Waals surface area (Å²) in [6, 6.07) is 10.9. The van der Waals surface area contributed by atoms with E-state index in [9.17, 15) is 9.59 Å². The van der Waals surface area contributed by atoms with Crippen LogP contribution in [0.5, 0.6) is 11.5 Å². The zero-order chi connectivity index (χ0) is 14.3. The molecule has 1 aliphatic heterocycles. The molecule has 20 heavy (non-hydrogen) atoms. The molecule has 0 spiro atoms. The first-order valence-electron chi connectivity index (χ1n) is 6.50. The Balaban J connectivity index is 2.03. The average molecular weight is 266 g/mol. The monoisotopic (exact) mass is 266 g/mol. The van der Waals surface area contributed by atoms with Gasteiger partial charge in [-0.05, 0) is 50.2 Å². The molecule has 0 fully saturated rings. The highest BCUT2D eigenvalue weighted by molar-refractivity contribution is 5.95. The summed E-state index contributed by atoms with van der Waals surface area (Å²) in [6.07, 6.45) is 0.674. The van der Waals surface area contributed by atoms with Gasteiger partial charge in [-0.15, -0.1) is 0 Å². The van der Waals surface area contributed by atoms with Crippen molar-refractivity contribution in [2.24, 2.45) is 0 Å². The predicted octanol–water partition coefficient (Wildman–Crippen LogP) is 3.79. The summed E-state index contributed by atoms with van der Waals surface area (Å²) in [5.41, 5.74) is 3.31. The highest BCUT2D eigenvalue weighted by atomic mass is 16.5. The number of ketones is 2. The molecule has 0 aromatic heterocycles. The summed E-state index contributed by atoms with van der Waals surface area (Å²) in [7, 11) is 0. The minimum Gasteiger partial charge on any atom is -0.457 e. The van der Waals surface area contributed by atoms with Crippen molar-refractivity contribution in [3.8, 4) is 11.5 Å². The van der Waals surface area contributed by atoms with Crippen molar-refractivity contribution in [3.63, 3.8) is 0 Å². The number of Topliss-reactive ketones (excluding diaryl/α,β-unsaturated/α-hetero) is 2. The third-order valence-electron chi connectivity index (χ3n) is 3.53. The van der Waals surface area contributed by atoms with Gasteiger partial charge in [0, 0.05) is 28.7 Å². The summed E-state index contributed by atoms with van der Waals surface area (Å²) in [6.45, 7) is 3.10. The SMILES string of the molecule is CC(=O)c1ccc2c(c1)Cc1cc(C(C)=O)ccc1O2. The van der Waals surface area contributed by atoms with E-state index in [0.717, 1.165) is 22.6 Å². The molecule has 100 valence electrons. The van der Waals surface area contributed by atoms with Crippen LogP contribution in [-0.4, -0.2) is 11.6 Å². The molecule has 0 aliphatic carbocycles. The Morgan fingerprint density at radius 3 is 1.70 bits per heavy atom. The zero-order valence-corrected chi connectivity index (χ0v) is 11.4. The molecule has 0 radical (unpaired) electrons. The van der Waals surface area contributed by atoms with E-state index < -0.39 is 0 Å². The van der Waals surface area contributed by atoms with Crippen LogP contribution < -0.4 is 4.74 Å². The van der Waals surface area contributed by atoms with Gasteiger partial charge in [0.05, 0.1) is 0 Å². The fourth-order valence-corrected chi connectivity index (χ4v) is 2.40. The van der Waals surface area contributed by atoms with Gasteiger partial charge in [0.2, 0.25) is 0 Å². The lowest BCUT2D eigenvalue weighted by molar-refractivity contribution is 0.100. The molecular formula is C17H14O3. The van der Waals surface area contributed by atoms with Crippen molar-refractivity contribution in [1.29, 1.82) is 0 Å². The highest BCUT2D eigenvalue weighted by Gasteiger charge is 2.18. The topological polar surface area (TPSA) is 43.4 Å². The van der Waals surface area contributed by atoms with Crippen LogP contribution in [0.25, 0.3) is 0 Å². The van der Waals surface area contributed by atoms with Crippen molar-refractivity contribution in [2.45, 2.75) is 20.3 Å². The van der Waals surface area contributed by atoms with Gasteiger partial charge in [0.15, 0.2) is 11.6 Å². The third kappa shape index (κ3) is 2.11. The number of hydrogen-bond acceptors (Lipinski definition) is 3. The van der Waals surface area contributed by atoms with Crippen molar-refractivity contribution >= 4 is 11.6 Å². The van der Waals surface area contributed by atoms with Crippen LogP contribution >= 0.6 is 0 Å². The Morgan fingerprint density at radius 1 is 0.850 bits per heavy atom. The summed E-state index contributed by atoms with van der Waals surface area (Å²) < 4.78 is 5.82. The normalized spacial score (nSPS) is 12.1. The summed E-state index contributed by atoms with van der Waals surface area (Å²) >= 11 is 0. The maximum absolute atomic E-state index is 11.4. The van der Waals surface area contributed by atoms with Gasteiger partial charge in [-0.1, -0.05) is 0 Å². The number of carbonyl (C=O) groups is 2. The molecule has 1 aliphatic rings. The van der Waals surface area contributed by atoms with Crippen LogP contribution in [0, 0.1) is 0 Å². The molecule has 1 heterocycles. The van der Waals surface area contributed by atoms with Crippen LogP contribution in [0.15, 0.2) is 36.4 Å². The second-order valence-corrected chi connectivity index (χ2v) is 5.04. The smallest absolute Gasteiger partial charge is 0.159 e. The molecule has 0 bridgehead atoms. The first-order valence-corrected chi connectivity index (χ1v) is 6.50. The van der Waals surface area contributed by atoms with Crippen molar-refractivity contribution in [3.05, 3.63) is 58.7 Å². The number of benzene rings is 2.